The normalized spacial score (nSPS) is 20.9. The van der Waals surface area contributed by atoms with E-state index in [1.807, 2.05) is 25.8 Å². The molecule has 2 rings (SSSR count). The Morgan fingerprint density at radius 1 is 1.26 bits per heavy atom. The summed E-state index contributed by atoms with van der Waals surface area (Å²) >= 11 is 0. The number of carbonyl (C=O) groups is 1. The molecule has 3 nitrogen and oxygen atoms in total. The maximum absolute atomic E-state index is 13.0. The van der Waals surface area contributed by atoms with Crippen molar-refractivity contribution in [3.63, 3.8) is 0 Å². The lowest BCUT2D eigenvalue weighted by Gasteiger charge is -2.40. The van der Waals surface area contributed by atoms with Crippen molar-refractivity contribution in [1.82, 2.24) is 9.80 Å². The van der Waals surface area contributed by atoms with E-state index >= 15 is 0 Å². The van der Waals surface area contributed by atoms with E-state index in [2.05, 4.69) is 4.90 Å². The second kappa shape index (κ2) is 5.70. The molecule has 0 spiro atoms. The maximum Gasteiger partial charge on any atom is 0.225 e. The van der Waals surface area contributed by atoms with Gasteiger partial charge in [0.25, 0.3) is 0 Å². The van der Waals surface area contributed by atoms with Crippen LogP contribution in [0.2, 0.25) is 0 Å². The third-order valence-electron chi connectivity index (χ3n) is 3.71. The van der Waals surface area contributed by atoms with Crippen molar-refractivity contribution >= 4 is 5.91 Å². The quantitative estimate of drug-likeness (QED) is 0.818. The van der Waals surface area contributed by atoms with E-state index in [9.17, 15) is 9.18 Å². The summed E-state index contributed by atoms with van der Waals surface area (Å²) in [5.41, 5.74) is 1.06. The van der Waals surface area contributed by atoms with Crippen molar-refractivity contribution in [3.05, 3.63) is 35.6 Å². The van der Waals surface area contributed by atoms with E-state index < -0.39 is 0 Å². The smallest absolute Gasteiger partial charge is 0.225 e. The fourth-order valence-corrected chi connectivity index (χ4v) is 2.48. The number of hydrogen-bond acceptors (Lipinski definition) is 2. The largest absolute Gasteiger partial charge is 0.339 e. The van der Waals surface area contributed by atoms with Crippen LogP contribution in [0.5, 0.6) is 0 Å². The fraction of sp³-hybridized carbons (Fsp3) is 0.533. The number of rotatable bonds is 2. The standard InChI is InChI=1S/C15H21FN2O/c1-11(2)15(19)18-9-8-17(3)14(10-18)12-4-6-13(16)7-5-12/h4-7,11,14H,8-10H2,1-3H3. The Balaban J connectivity index is 2.14. The first-order valence-corrected chi connectivity index (χ1v) is 6.73. The number of carbonyl (C=O) groups excluding carboxylic acids is 1. The molecule has 1 heterocycles. The van der Waals surface area contributed by atoms with Crippen LogP contribution >= 0.6 is 0 Å². The van der Waals surface area contributed by atoms with E-state index in [4.69, 9.17) is 0 Å². The number of benzene rings is 1. The molecule has 0 aliphatic carbocycles. The van der Waals surface area contributed by atoms with Gasteiger partial charge in [-0.25, -0.2) is 4.39 Å². The molecule has 1 atom stereocenters. The average molecular weight is 264 g/mol. The maximum atomic E-state index is 13.0. The van der Waals surface area contributed by atoms with Crippen LogP contribution in [0.4, 0.5) is 4.39 Å². The van der Waals surface area contributed by atoms with E-state index in [0.29, 0.717) is 6.54 Å². The van der Waals surface area contributed by atoms with E-state index in [1.165, 1.54) is 12.1 Å². The van der Waals surface area contributed by atoms with E-state index in [-0.39, 0.29) is 23.7 Å². The fourth-order valence-electron chi connectivity index (χ4n) is 2.48. The van der Waals surface area contributed by atoms with Crippen LogP contribution in [0.1, 0.15) is 25.5 Å². The third-order valence-corrected chi connectivity index (χ3v) is 3.71. The molecule has 0 aromatic heterocycles. The molecule has 4 heteroatoms. The van der Waals surface area contributed by atoms with Crippen molar-refractivity contribution in [3.8, 4) is 0 Å². The van der Waals surface area contributed by atoms with Crippen LogP contribution in [0, 0.1) is 11.7 Å². The lowest BCUT2D eigenvalue weighted by atomic mass is 10.0. The summed E-state index contributed by atoms with van der Waals surface area (Å²) in [5.74, 6) is -0.00480. The number of likely N-dealkylation sites (N-methyl/N-ethyl adjacent to an activating group) is 1. The average Bonchev–Trinajstić information content (AvgIpc) is 2.39. The summed E-state index contributed by atoms with van der Waals surface area (Å²) in [6, 6.07) is 6.72. The van der Waals surface area contributed by atoms with Gasteiger partial charge >= 0.3 is 0 Å². The monoisotopic (exact) mass is 264 g/mol. The number of amides is 1. The van der Waals surface area contributed by atoms with Crippen LogP contribution in [0.15, 0.2) is 24.3 Å². The van der Waals surface area contributed by atoms with Crippen LogP contribution in [0.3, 0.4) is 0 Å². The molecule has 1 aliphatic heterocycles. The zero-order chi connectivity index (χ0) is 14.0. The molecule has 1 unspecified atom stereocenters. The summed E-state index contributed by atoms with van der Waals surface area (Å²) in [6.07, 6.45) is 0. The van der Waals surface area contributed by atoms with Gasteiger partial charge in [0.05, 0.1) is 6.04 Å². The minimum Gasteiger partial charge on any atom is -0.339 e. The highest BCUT2D eigenvalue weighted by Gasteiger charge is 2.29. The summed E-state index contributed by atoms with van der Waals surface area (Å²) in [7, 11) is 2.05. The van der Waals surface area contributed by atoms with Gasteiger partial charge in [-0.3, -0.25) is 9.69 Å². The highest BCUT2D eigenvalue weighted by molar-refractivity contribution is 5.78. The predicted octanol–water partition coefficient (Wildman–Crippen LogP) is 2.30. The molecule has 0 N–H and O–H groups in total. The SMILES string of the molecule is CC(C)C(=O)N1CCN(C)C(c2ccc(F)cc2)C1. The van der Waals surface area contributed by atoms with Crippen LogP contribution in [-0.4, -0.2) is 42.4 Å². The van der Waals surface area contributed by atoms with Gasteiger partial charge in [0.2, 0.25) is 5.91 Å². The number of halogens is 1. The molecule has 1 saturated heterocycles. The molecular weight excluding hydrogens is 243 g/mol. The lowest BCUT2D eigenvalue weighted by molar-refractivity contribution is -0.137. The molecule has 104 valence electrons. The molecule has 1 fully saturated rings. The Morgan fingerprint density at radius 3 is 2.47 bits per heavy atom. The molecule has 1 aromatic carbocycles. The minimum absolute atomic E-state index is 0.0253. The van der Waals surface area contributed by atoms with Gasteiger partial charge in [-0.15, -0.1) is 0 Å². The summed E-state index contributed by atoms with van der Waals surface area (Å²) in [5, 5.41) is 0. The van der Waals surface area contributed by atoms with Gasteiger partial charge in [0.15, 0.2) is 0 Å². The Labute approximate surface area is 114 Å². The van der Waals surface area contributed by atoms with Crippen molar-refractivity contribution in [1.29, 1.82) is 0 Å². The van der Waals surface area contributed by atoms with Gasteiger partial charge < -0.3 is 4.90 Å². The summed E-state index contributed by atoms with van der Waals surface area (Å²) in [6.45, 7) is 6.14. The molecule has 1 amide bonds. The van der Waals surface area contributed by atoms with Gasteiger partial charge in [0.1, 0.15) is 5.82 Å². The van der Waals surface area contributed by atoms with Crippen molar-refractivity contribution in [2.24, 2.45) is 5.92 Å². The topological polar surface area (TPSA) is 23.6 Å². The van der Waals surface area contributed by atoms with Crippen LogP contribution in [-0.2, 0) is 4.79 Å². The van der Waals surface area contributed by atoms with Gasteiger partial charge in [-0.1, -0.05) is 26.0 Å². The molecule has 19 heavy (non-hydrogen) atoms. The van der Waals surface area contributed by atoms with Gasteiger partial charge in [0, 0.05) is 25.6 Å². The van der Waals surface area contributed by atoms with Gasteiger partial charge in [-0.2, -0.15) is 0 Å². The molecular formula is C15H21FN2O. The Bertz CT molecular complexity index is 444. The first-order chi connectivity index (χ1) is 8.99. The molecule has 1 aliphatic rings. The lowest BCUT2D eigenvalue weighted by Crippen LogP contribution is -2.50. The van der Waals surface area contributed by atoms with E-state index in [1.54, 1.807) is 12.1 Å². The highest BCUT2D eigenvalue weighted by atomic mass is 19.1. The van der Waals surface area contributed by atoms with Crippen molar-refractivity contribution < 1.29 is 9.18 Å². The van der Waals surface area contributed by atoms with E-state index in [0.717, 1.165) is 18.7 Å². The molecule has 1 aromatic rings. The molecule has 0 radical (unpaired) electrons. The second-order valence-electron chi connectivity index (χ2n) is 5.49. The first kappa shape index (κ1) is 14.0. The van der Waals surface area contributed by atoms with Crippen molar-refractivity contribution in [2.75, 3.05) is 26.7 Å². The summed E-state index contributed by atoms with van der Waals surface area (Å²) < 4.78 is 13.0. The Morgan fingerprint density at radius 2 is 1.89 bits per heavy atom. The predicted molar refractivity (Wildman–Crippen MR) is 73.2 cm³/mol. The second-order valence-corrected chi connectivity index (χ2v) is 5.49. The highest BCUT2D eigenvalue weighted by Crippen LogP contribution is 2.25. The number of piperazine rings is 1. The van der Waals surface area contributed by atoms with Crippen LogP contribution < -0.4 is 0 Å². The Hall–Kier alpha value is -1.42. The molecule has 0 bridgehead atoms. The summed E-state index contributed by atoms with van der Waals surface area (Å²) in [4.78, 5) is 16.2. The Kier molecular flexibility index (Phi) is 4.20. The first-order valence-electron chi connectivity index (χ1n) is 6.73. The third kappa shape index (κ3) is 3.13. The van der Waals surface area contributed by atoms with Crippen molar-refractivity contribution in [2.45, 2.75) is 19.9 Å². The molecule has 0 saturated carbocycles. The number of hydrogen-bond donors (Lipinski definition) is 0. The zero-order valence-corrected chi connectivity index (χ0v) is 11.8. The van der Waals surface area contributed by atoms with Crippen LogP contribution in [0.25, 0.3) is 0 Å². The van der Waals surface area contributed by atoms with Gasteiger partial charge in [-0.05, 0) is 24.7 Å². The minimum atomic E-state index is -0.225. The zero-order valence-electron chi connectivity index (χ0n) is 11.8. The number of nitrogens with zero attached hydrogens (tertiary/aromatic N) is 2.